The van der Waals surface area contributed by atoms with E-state index in [-0.39, 0.29) is 12.5 Å². The molecule has 0 fully saturated rings. The number of amides is 1. The first-order valence-electron chi connectivity index (χ1n) is 5.36. The van der Waals surface area contributed by atoms with E-state index in [9.17, 15) is 4.79 Å². The summed E-state index contributed by atoms with van der Waals surface area (Å²) in [5, 5.41) is 0. The van der Waals surface area contributed by atoms with E-state index in [1.54, 1.807) is 4.90 Å². The first-order chi connectivity index (χ1) is 6.74. The second-order valence-corrected chi connectivity index (χ2v) is 3.88. The molecule has 0 bridgehead atoms. The van der Waals surface area contributed by atoms with Crippen LogP contribution < -0.4 is 5.73 Å². The lowest BCUT2D eigenvalue weighted by atomic mass is 9.97. The average molecular weight is 196 g/mol. The molecule has 0 aromatic heterocycles. The third-order valence-corrected chi connectivity index (χ3v) is 2.75. The highest BCUT2D eigenvalue weighted by Gasteiger charge is 2.08. The maximum absolute atomic E-state index is 11.2. The molecule has 0 saturated heterocycles. The number of nitrogens with zero attached hydrogens (tertiary/aromatic N) is 1. The second-order valence-electron chi connectivity index (χ2n) is 3.88. The lowest BCUT2D eigenvalue weighted by Crippen LogP contribution is -2.33. The van der Waals surface area contributed by atoms with Crippen molar-refractivity contribution in [1.82, 2.24) is 4.90 Å². The summed E-state index contributed by atoms with van der Waals surface area (Å²) >= 11 is 0. The molecule has 14 heavy (non-hydrogen) atoms. The van der Waals surface area contributed by atoms with Gasteiger partial charge in [0.25, 0.3) is 0 Å². The van der Waals surface area contributed by atoms with Gasteiger partial charge < -0.3 is 10.6 Å². The van der Waals surface area contributed by atoms with Gasteiger partial charge in [-0.25, -0.2) is 0 Å². The fourth-order valence-corrected chi connectivity index (χ4v) is 1.72. The third-order valence-electron chi connectivity index (χ3n) is 2.75. The monoisotopic (exact) mass is 196 g/mol. The Morgan fingerprint density at radius 1 is 1.57 bits per heavy atom. The quantitative estimate of drug-likeness (QED) is 0.689. The zero-order valence-electron chi connectivity index (χ0n) is 8.96. The maximum Gasteiger partial charge on any atom is 0.236 e. The van der Waals surface area contributed by atoms with Gasteiger partial charge in [-0.15, -0.1) is 0 Å². The lowest BCUT2D eigenvalue weighted by Gasteiger charge is -2.18. The number of nitrogens with two attached hydrogens (primary N) is 1. The normalized spacial score (nSPS) is 16.3. The highest BCUT2D eigenvalue weighted by Crippen LogP contribution is 2.19. The van der Waals surface area contributed by atoms with Gasteiger partial charge in [-0.05, 0) is 32.1 Å². The van der Waals surface area contributed by atoms with E-state index in [1.807, 2.05) is 7.05 Å². The van der Waals surface area contributed by atoms with Crippen LogP contribution in [-0.2, 0) is 4.79 Å². The van der Waals surface area contributed by atoms with Crippen LogP contribution in [-0.4, -0.2) is 30.9 Å². The molecule has 1 aliphatic carbocycles. The van der Waals surface area contributed by atoms with E-state index in [0.717, 1.165) is 13.0 Å². The Labute approximate surface area is 86.0 Å². The van der Waals surface area contributed by atoms with E-state index in [2.05, 4.69) is 6.08 Å². The Kier molecular flexibility index (Phi) is 4.66. The molecule has 1 amide bonds. The van der Waals surface area contributed by atoms with Gasteiger partial charge in [0.2, 0.25) is 5.91 Å². The molecule has 2 N–H and O–H groups in total. The van der Waals surface area contributed by atoms with Crippen molar-refractivity contribution in [1.29, 1.82) is 0 Å². The Bertz CT molecular complexity index is 223. The summed E-state index contributed by atoms with van der Waals surface area (Å²) in [7, 11) is 1.82. The summed E-state index contributed by atoms with van der Waals surface area (Å²) in [6, 6.07) is 0. The predicted molar refractivity (Wildman–Crippen MR) is 57.9 cm³/mol. The fourth-order valence-electron chi connectivity index (χ4n) is 1.72. The van der Waals surface area contributed by atoms with E-state index in [1.165, 1.54) is 31.3 Å². The number of hydrogen-bond acceptors (Lipinski definition) is 2. The van der Waals surface area contributed by atoms with Crippen molar-refractivity contribution in [3.8, 4) is 0 Å². The van der Waals surface area contributed by atoms with Gasteiger partial charge in [0, 0.05) is 13.6 Å². The van der Waals surface area contributed by atoms with Gasteiger partial charge in [-0.2, -0.15) is 0 Å². The molecular formula is C11H20N2O. The van der Waals surface area contributed by atoms with Gasteiger partial charge >= 0.3 is 0 Å². The topological polar surface area (TPSA) is 46.3 Å². The van der Waals surface area contributed by atoms with Gasteiger partial charge in [0.1, 0.15) is 0 Å². The van der Waals surface area contributed by atoms with Gasteiger partial charge in [-0.3, -0.25) is 4.79 Å². The second kappa shape index (κ2) is 5.81. The highest BCUT2D eigenvalue weighted by atomic mass is 16.2. The Morgan fingerprint density at radius 2 is 2.36 bits per heavy atom. The molecule has 0 atom stereocenters. The SMILES string of the molecule is CN(CCC1=CCCCC1)C(=O)CN. The van der Waals surface area contributed by atoms with Crippen LogP contribution in [0.25, 0.3) is 0 Å². The summed E-state index contributed by atoms with van der Waals surface area (Å²) in [6.45, 7) is 0.928. The summed E-state index contributed by atoms with van der Waals surface area (Å²) in [6.07, 6.45) is 8.39. The smallest absolute Gasteiger partial charge is 0.236 e. The van der Waals surface area contributed by atoms with E-state index in [4.69, 9.17) is 5.73 Å². The lowest BCUT2D eigenvalue weighted by molar-refractivity contribution is -0.128. The Balaban J connectivity index is 2.25. The summed E-state index contributed by atoms with van der Waals surface area (Å²) in [4.78, 5) is 12.9. The zero-order valence-corrected chi connectivity index (χ0v) is 8.96. The summed E-state index contributed by atoms with van der Waals surface area (Å²) in [5.74, 6) is 0.0291. The molecule has 0 unspecified atom stereocenters. The Morgan fingerprint density at radius 3 is 2.93 bits per heavy atom. The molecule has 0 saturated carbocycles. The molecule has 3 heteroatoms. The third kappa shape index (κ3) is 3.50. The minimum absolute atomic E-state index is 0.0291. The molecule has 3 nitrogen and oxygen atoms in total. The van der Waals surface area contributed by atoms with Crippen LogP contribution in [0.1, 0.15) is 32.1 Å². The summed E-state index contributed by atoms with van der Waals surface area (Å²) < 4.78 is 0. The van der Waals surface area contributed by atoms with Crippen molar-refractivity contribution in [3.63, 3.8) is 0 Å². The minimum atomic E-state index is 0.0291. The number of rotatable bonds is 4. The van der Waals surface area contributed by atoms with E-state index >= 15 is 0 Å². The molecule has 0 spiro atoms. The van der Waals surface area contributed by atoms with Gasteiger partial charge in [0.05, 0.1) is 6.54 Å². The minimum Gasteiger partial charge on any atom is -0.344 e. The van der Waals surface area contributed by atoms with Crippen LogP contribution in [0.4, 0.5) is 0 Å². The molecule has 0 aromatic carbocycles. The zero-order chi connectivity index (χ0) is 10.4. The van der Waals surface area contributed by atoms with Crippen LogP contribution in [0.5, 0.6) is 0 Å². The molecular weight excluding hydrogens is 176 g/mol. The molecule has 80 valence electrons. The molecule has 1 aliphatic rings. The van der Waals surface area contributed by atoms with Crippen LogP contribution in [0, 0.1) is 0 Å². The fraction of sp³-hybridized carbons (Fsp3) is 0.727. The van der Waals surface area contributed by atoms with E-state index < -0.39 is 0 Å². The molecule has 0 heterocycles. The molecule has 0 aliphatic heterocycles. The largest absolute Gasteiger partial charge is 0.344 e. The Hall–Kier alpha value is -0.830. The average Bonchev–Trinajstić information content (AvgIpc) is 2.26. The molecule has 1 rings (SSSR count). The van der Waals surface area contributed by atoms with Crippen molar-refractivity contribution in [2.45, 2.75) is 32.1 Å². The van der Waals surface area contributed by atoms with Crippen molar-refractivity contribution in [2.24, 2.45) is 5.73 Å². The number of carbonyl (C=O) groups excluding carboxylic acids is 1. The number of hydrogen-bond donors (Lipinski definition) is 1. The first-order valence-corrected chi connectivity index (χ1v) is 5.36. The van der Waals surface area contributed by atoms with Crippen LogP contribution >= 0.6 is 0 Å². The van der Waals surface area contributed by atoms with Crippen molar-refractivity contribution in [2.75, 3.05) is 20.1 Å². The van der Waals surface area contributed by atoms with Crippen molar-refractivity contribution in [3.05, 3.63) is 11.6 Å². The predicted octanol–water partition coefficient (Wildman–Crippen LogP) is 1.29. The molecule has 0 radical (unpaired) electrons. The van der Waals surface area contributed by atoms with Crippen molar-refractivity contribution >= 4 is 5.91 Å². The van der Waals surface area contributed by atoms with Gasteiger partial charge in [0.15, 0.2) is 0 Å². The number of allylic oxidation sites excluding steroid dienone is 1. The van der Waals surface area contributed by atoms with Crippen molar-refractivity contribution < 1.29 is 4.79 Å². The van der Waals surface area contributed by atoms with Crippen LogP contribution in [0.2, 0.25) is 0 Å². The standard InChI is InChI=1S/C11H20N2O/c1-13(11(14)9-12)8-7-10-5-3-2-4-6-10/h5H,2-4,6-9,12H2,1H3. The first kappa shape index (κ1) is 11.2. The highest BCUT2D eigenvalue weighted by molar-refractivity contribution is 5.77. The summed E-state index contributed by atoms with van der Waals surface area (Å²) in [5.41, 5.74) is 6.78. The molecule has 0 aromatic rings. The van der Waals surface area contributed by atoms with Crippen LogP contribution in [0.3, 0.4) is 0 Å². The van der Waals surface area contributed by atoms with E-state index in [0.29, 0.717) is 0 Å². The maximum atomic E-state index is 11.2. The number of likely N-dealkylation sites (N-methyl/N-ethyl adjacent to an activating group) is 1. The van der Waals surface area contributed by atoms with Gasteiger partial charge in [-0.1, -0.05) is 11.6 Å². The van der Waals surface area contributed by atoms with Crippen LogP contribution in [0.15, 0.2) is 11.6 Å². The number of carbonyl (C=O) groups is 1.